The molecule has 1 N–H and O–H groups in total. The average Bonchev–Trinajstić information content (AvgIpc) is 2.82. The Morgan fingerprint density at radius 1 is 1.29 bits per heavy atom. The van der Waals surface area contributed by atoms with Gasteiger partial charge in [-0.2, -0.15) is 0 Å². The second-order valence-corrected chi connectivity index (χ2v) is 7.27. The number of hydrogen-bond donors (Lipinski definition) is 1. The molecule has 2 amide bonds. The molecule has 3 rings (SSSR count). The van der Waals surface area contributed by atoms with E-state index < -0.39 is 0 Å². The molecule has 0 aliphatic heterocycles. The van der Waals surface area contributed by atoms with Crippen molar-refractivity contribution in [1.82, 2.24) is 9.88 Å². The van der Waals surface area contributed by atoms with Crippen LogP contribution in [0.3, 0.4) is 0 Å². The summed E-state index contributed by atoms with van der Waals surface area (Å²) in [6, 6.07) is 5.91. The van der Waals surface area contributed by atoms with Crippen LogP contribution in [0.5, 0.6) is 0 Å². The summed E-state index contributed by atoms with van der Waals surface area (Å²) in [4.78, 5) is 19.8. The Morgan fingerprint density at radius 2 is 2.04 bits per heavy atom. The Labute approximate surface area is 145 Å². The summed E-state index contributed by atoms with van der Waals surface area (Å²) in [6.07, 6.45) is 5.63. The van der Waals surface area contributed by atoms with E-state index in [0.29, 0.717) is 10.7 Å². The first-order valence-corrected chi connectivity index (χ1v) is 9.14. The van der Waals surface area contributed by atoms with Gasteiger partial charge in [0.1, 0.15) is 5.82 Å². The van der Waals surface area contributed by atoms with E-state index in [0.717, 1.165) is 25.0 Å². The first-order valence-electron chi connectivity index (χ1n) is 8.33. The number of aryl methyl sites for hydroxylation is 2. The first kappa shape index (κ1) is 16.9. The summed E-state index contributed by atoms with van der Waals surface area (Å²) in [7, 11) is 1.67. The third kappa shape index (κ3) is 3.59. The zero-order chi connectivity index (χ0) is 17.1. The number of hydrogen-bond acceptors (Lipinski definition) is 3. The fourth-order valence-corrected chi connectivity index (χ4v) is 4.00. The highest BCUT2D eigenvalue weighted by atomic mass is 32.1. The van der Waals surface area contributed by atoms with Crippen molar-refractivity contribution in [2.45, 2.75) is 45.1 Å². The monoisotopic (exact) mass is 347 g/mol. The summed E-state index contributed by atoms with van der Waals surface area (Å²) < 4.78 is 13.9. The standard InChI is InChI=1S/C18H22FN3OS/c1-12(13-8-6-7-9-14(13)19)22(2)18(23)21-17-20-15-10-4-3-5-11-16(15)24-17/h6-9,12H,3-5,10-11H2,1-2H3,(H,20,21,23). The second kappa shape index (κ2) is 7.30. The van der Waals surface area contributed by atoms with Gasteiger partial charge in [0.2, 0.25) is 0 Å². The number of thiazole rings is 1. The van der Waals surface area contributed by atoms with E-state index in [1.54, 1.807) is 36.6 Å². The van der Waals surface area contributed by atoms with Crippen LogP contribution in [0.2, 0.25) is 0 Å². The molecule has 1 unspecified atom stereocenters. The quantitative estimate of drug-likeness (QED) is 0.813. The normalized spacial score (nSPS) is 15.3. The number of nitrogens with one attached hydrogen (secondary N) is 1. The van der Waals surface area contributed by atoms with Crippen molar-refractivity contribution in [1.29, 1.82) is 0 Å². The fraction of sp³-hybridized carbons (Fsp3) is 0.444. The Bertz CT molecular complexity index is 707. The molecule has 1 heterocycles. The summed E-state index contributed by atoms with van der Waals surface area (Å²) in [6.45, 7) is 1.81. The lowest BCUT2D eigenvalue weighted by molar-refractivity contribution is 0.207. The minimum Gasteiger partial charge on any atom is -0.321 e. The van der Waals surface area contributed by atoms with E-state index in [2.05, 4.69) is 10.3 Å². The fourth-order valence-electron chi connectivity index (χ4n) is 2.96. The number of benzene rings is 1. The summed E-state index contributed by atoms with van der Waals surface area (Å²) in [5.74, 6) is -0.300. The number of carbonyl (C=O) groups excluding carboxylic acids is 1. The number of amides is 2. The minimum atomic E-state index is -0.357. The van der Waals surface area contributed by atoms with E-state index >= 15 is 0 Å². The molecule has 6 heteroatoms. The number of halogens is 1. The van der Waals surface area contributed by atoms with Crippen molar-refractivity contribution in [3.05, 3.63) is 46.2 Å². The van der Waals surface area contributed by atoms with Crippen LogP contribution in [0.15, 0.2) is 24.3 Å². The predicted octanol–water partition coefficient (Wildman–Crippen LogP) is 4.78. The van der Waals surface area contributed by atoms with Crippen molar-refractivity contribution in [3.63, 3.8) is 0 Å². The van der Waals surface area contributed by atoms with Gasteiger partial charge in [-0.1, -0.05) is 24.6 Å². The van der Waals surface area contributed by atoms with Gasteiger partial charge in [-0.25, -0.2) is 14.2 Å². The Morgan fingerprint density at radius 3 is 2.83 bits per heavy atom. The van der Waals surface area contributed by atoms with Crippen molar-refractivity contribution in [2.24, 2.45) is 0 Å². The molecule has 1 aromatic heterocycles. The maximum Gasteiger partial charge on any atom is 0.323 e. The van der Waals surface area contributed by atoms with Gasteiger partial charge in [0.05, 0.1) is 11.7 Å². The molecule has 128 valence electrons. The van der Waals surface area contributed by atoms with E-state index in [4.69, 9.17) is 0 Å². The molecule has 1 aliphatic carbocycles. The van der Waals surface area contributed by atoms with Crippen LogP contribution in [0.25, 0.3) is 0 Å². The second-order valence-electron chi connectivity index (χ2n) is 6.19. The number of rotatable bonds is 3. The molecule has 24 heavy (non-hydrogen) atoms. The molecular weight excluding hydrogens is 325 g/mol. The lowest BCUT2D eigenvalue weighted by atomic mass is 10.1. The third-order valence-corrected chi connectivity index (χ3v) is 5.64. The van der Waals surface area contributed by atoms with Gasteiger partial charge in [-0.15, -0.1) is 11.3 Å². The van der Waals surface area contributed by atoms with E-state index in [9.17, 15) is 9.18 Å². The zero-order valence-electron chi connectivity index (χ0n) is 14.0. The van der Waals surface area contributed by atoms with Crippen LogP contribution in [-0.4, -0.2) is 23.0 Å². The highest BCUT2D eigenvalue weighted by molar-refractivity contribution is 7.15. The van der Waals surface area contributed by atoms with E-state index in [1.165, 1.54) is 28.7 Å². The van der Waals surface area contributed by atoms with Crippen molar-refractivity contribution < 1.29 is 9.18 Å². The highest BCUT2D eigenvalue weighted by Gasteiger charge is 2.22. The van der Waals surface area contributed by atoms with Gasteiger partial charge in [0.15, 0.2) is 5.13 Å². The lowest BCUT2D eigenvalue weighted by Crippen LogP contribution is -2.34. The van der Waals surface area contributed by atoms with Gasteiger partial charge in [0, 0.05) is 17.5 Å². The molecule has 0 radical (unpaired) electrons. The van der Waals surface area contributed by atoms with Crippen LogP contribution < -0.4 is 5.32 Å². The molecular formula is C18H22FN3OS. The molecule has 1 aliphatic rings. The highest BCUT2D eigenvalue weighted by Crippen LogP contribution is 2.29. The molecule has 2 aromatic rings. The number of aromatic nitrogens is 1. The maximum atomic E-state index is 13.9. The van der Waals surface area contributed by atoms with E-state index in [-0.39, 0.29) is 17.9 Å². The molecule has 4 nitrogen and oxygen atoms in total. The van der Waals surface area contributed by atoms with Gasteiger partial charge >= 0.3 is 6.03 Å². The lowest BCUT2D eigenvalue weighted by Gasteiger charge is -2.25. The number of urea groups is 1. The summed E-state index contributed by atoms with van der Waals surface area (Å²) in [5.41, 5.74) is 1.63. The molecule has 0 spiro atoms. The molecule has 0 bridgehead atoms. The van der Waals surface area contributed by atoms with Gasteiger partial charge in [0.25, 0.3) is 0 Å². The largest absolute Gasteiger partial charge is 0.323 e. The number of nitrogens with zero attached hydrogens (tertiary/aromatic N) is 2. The smallest absolute Gasteiger partial charge is 0.321 e. The molecule has 0 saturated heterocycles. The van der Waals surface area contributed by atoms with Crippen molar-refractivity contribution in [3.8, 4) is 0 Å². The zero-order valence-corrected chi connectivity index (χ0v) is 14.8. The Hall–Kier alpha value is -1.95. The van der Waals surface area contributed by atoms with Crippen LogP contribution in [0.1, 0.15) is 48.4 Å². The third-order valence-electron chi connectivity index (χ3n) is 4.57. The maximum absolute atomic E-state index is 13.9. The Kier molecular flexibility index (Phi) is 5.14. The van der Waals surface area contributed by atoms with Crippen LogP contribution in [0, 0.1) is 5.82 Å². The van der Waals surface area contributed by atoms with Gasteiger partial charge in [-0.05, 0) is 38.7 Å². The topological polar surface area (TPSA) is 45.2 Å². The molecule has 0 fully saturated rings. The van der Waals surface area contributed by atoms with Crippen LogP contribution >= 0.6 is 11.3 Å². The van der Waals surface area contributed by atoms with Crippen LogP contribution in [-0.2, 0) is 12.8 Å². The van der Waals surface area contributed by atoms with Crippen molar-refractivity contribution >= 4 is 22.5 Å². The summed E-state index contributed by atoms with van der Waals surface area (Å²) in [5, 5.41) is 3.50. The molecule has 1 atom stereocenters. The SMILES string of the molecule is CC(c1ccccc1F)N(C)C(=O)Nc1nc2c(s1)CCCCC2. The Balaban J connectivity index is 1.69. The first-order chi connectivity index (χ1) is 11.6. The summed E-state index contributed by atoms with van der Waals surface area (Å²) >= 11 is 1.56. The number of carbonyl (C=O) groups is 1. The molecule has 1 aromatic carbocycles. The van der Waals surface area contributed by atoms with E-state index in [1.807, 2.05) is 6.92 Å². The van der Waals surface area contributed by atoms with Gasteiger partial charge < -0.3 is 4.90 Å². The van der Waals surface area contributed by atoms with Gasteiger partial charge in [-0.3, -0.25) is 5.32 Å². The molecule has 0 saturated carbocycles. The predicted molar refractivity (Wildman–Crippen MR) is 95.0 cm³/mol. The number of fused-ring (bicyclic) bond motifs is 1. The van der Waals surface area contributed by atoms with Crippen LogP contribution in [0.4, 0.5) is 14.3 Å². The minimum absolute atomic E-state index is 0.269. The van der Waals surface area contributed by atoms with Crippen molar-refractivity contribution in [2.75, 3.05) is 12.4 Å². The number of anilines is 1. The average molecular weight is 347 g/mol.